The van der Waals surface area contributed by atoms with Crippen LogP contribution in [0.15, 0.2) is 81.7 Å². The molecule has 1 aliphatic heterocycles. The van der Waals surface area contributed by atoms with Crippen molar-refractivity contribution in [1.29, 1.82) is 0 Å². The highest BCUT2D eigenvalue weighted by molar-refractivity contribution is 7.07. The third-order valence-corrected chi connectivity index (χ3v) is 8.41. The Hall–Kier alpha value is -5.43. The Bertz CT molecular complexity index is 2050. The van der Waals surface area contributed by atoms with E-state index in [-0.39, 0.29) is 30.0 Å². The van der Waals surface area contributed by atoms with E-state index in [0.717, 1.165) is 5.56 Å². The maximum Gasteiger partial charge on any atom is 0.338 e. The SMILES string of the molecule is CCOC(=O)C1=C(C)N=c2s/c(=C\c3ccc(OCc4ccc([N+](=O)[O-])cc4)c(OCC)c3)c(=O)n2[C@H]1c1ccc(OC)c(OCC)c1. The number of fused-ring (bicyclic) bond motifs is 1. The third kappa shape index (κ3) is 7.10. The van der Waals surface area contributed by atoms with Crippen LogP contribution in [-0.4, -0.2) is 42.4 Å². The number of nitro benzene ring substituents is 1. The molecule has 3 aromatic carbocycles. The summed E-state index contributed by atoms with van der Waals surface area (Å²) in [6.07, 6.45) is 1.74. The molecule has 12 nitrogen and oxygen atoms in total. The van der Waals surface area contributed by atoms with Gasteiger partial charge in [0.15, 0.2) is 27.8 Å². The van der Waals surface area contributed by atoms with Gasteiger partial charge in [0.05, 0.1) is 53.7 Å². The summed E-state index contributed by atoms with van der Waals surface area (Å²) in [5.74, 6) is 1.40. The van der Waals surface area contributed by atoms with E-state index >= 15 is 0 Å². The van der Waals surface area contributed by atoms with E-state index in [1.165, 1.54) is 28.0 Å². The normalized spacial score (nSPS) is 14.2. The van der Waals surface area contributed by atoms with Crippen LogP contribution in [0.4, 0.5) is 5.69 Å². The van der Waals surface area contributed by atoms with Crippen LogP contribution in [0.1, 0.15) is 50.4 Å². The van der Waals surface area contributed by atoms with E-state index in [2.05, 4.69) is 4.99 Å². The van der Waals surface area contributed by atoms with Gasteiger partial charge < -0.3 is 23.7 Å². The molecule has 5 rings (SSSR count). The number of aromatic nitrogens is 1. The van der Waals surface area contributed by atoms with Crippen molar-refractivity contribution in [2.45, 2.75) is 40.3 Å². The van der Waals surface area contributed by atoms with Crippen LogP contribution in [0.25, 0.3) is 6.08 Å². The lowest BCUT2D eigenvalue weighted by molar-refractivity contribution is -0.384. The van der Waals surface area contributed by atoms with Crippen LogP contribution in [0.3, 0.4) is 0 Å². The Morgan fingerprint density at radius 2 is 1.62 bits per heavy atom. The molecule has 0 fully saturated rings. The second kappa shape index (κ2) is 15.0. The number of methoxy groups -OCH3 is 1. The number of thiazole rings is 1. The van der Waals surface area contributed by atoms with Crippen LogP contribution in [0.5, 0.6) is 23.0 Å². The van der Waals surface area contributed by atoms with Gasteiger partial charge in [0.25, 0.3) is 11.2 Å². The summed E-state index contributed by atoms with van der Waals surface area (Å²) < 4.78 is 30.4. The largest absolute Gasteiger partial charge is 0.493 e. The summed E-state index contributed by atoms with van der Waals surface area (Å²) in [6.45, 7) is 8.27. The van der Waals surface area contributed by atoms with Gasteiger partial charge in [-0.2, -0.15) is 0 Å². The fraction of sp³-hybridized carbons (Fsp3) is 0.286. The summed E-state index contributed by atoms with van der Waals surface area (Å²) >= 11 is 1.21. The Balaban J connectivity index is 1.55. The Labute approximate surface area is 280 Å². The van der Waals surface area contributed by atoms with Crippen molar-refractivity contribution >= 4 is 29.1 Å². The number of benzene rings is 3. The van der Waals surface area contributed by atoms with Gasteiger partial charge in [-0.15, -0.1) is 0 Å². The van der Waals surface area contributed by atoms with Crippen molar-refractivity contribution in [2.24, 2.45) is 4.99 Å². The molecule has 0 radical (unpaired) electrons. The number of hydrogen-bond donors (Lipinski definition) is 0. The minimum atomic E-state index is -0.818. The van der Waals surface area contributed by atoms with Crippen LogP contribution >= 0.6 is 11.3 Å². The lowest BCUT2D eigenvalue weighted by atomic mass is 9.95. The summed E-state index contributed by atoms with van der Waals surface area (Å²) in [5, 5.41) is 11.0. The number of rotatable bonds is 13. The first-order valence-electron chi connectivity index (χ1n) is 15.3. The topological polar surface area (TPSA) is 141 Å². The fourth-order valence-corrected chi connectivity index (χ4v) is 6.31. The molecule has 0 spiro atoms. The zero-order chi connectivity index (χ0) is 34.4. The zero-order valence-corrected chi connectivity index (χ0v) is 28.0. The average Bonchev–Trinajstić information content (AvgIpc) is 3.37. The van der Waals surface area contributed by atoms with Crippen LogP contribution in [0, 0.1) is 10.1 Å². The van der Waals surface area contributed by atoms with Crippen molar-refractivity contribution in [1.82, 2.24) is 4.57 Å². The summed E-state index contributed by atoms with van der Waals surface area (Å²) in [7, 11) is 1.54. The molecule has 0 N–H and O–H groups in total. The van der Waals surface area contributed by atoms with Crippen molar-refractivity contribution in [3.63, 3.8) is 0 Å². The predicted molar refractivity (Wildman–Crippen MR) is 180 cm³/mol. The molecule has 0 amide bonds. The first-order valence-corrected chi connectivity index (χ1v) is 16.1. The zero-order valence-electron chi connectivity index (χ0n) is 27.2. The van der Waals surface area contributed by atoms with Gasteiger partial charge in [0, 0.05) is 12.1 Å². The van der Waals surface area contributed by atoms with E-state index in [4.69, 9.17) is 23.7 Å². The number of carbonyl (C=O) groups is 1. The highest BCUT2D eigenvalue weighted by Crippen LogP contribution is 2.36. The molecule has 0 saturated carbocycles. The molecular weight excluding hydrogens is 638 g/mol. The molecular formula is C35H35N3O9S. The van der Waals surface area contributed by atoms with E-state index in [1.54, 1.807) is 75.6 Å². The van der Waals surface area contributed by atoms with E-state index in [0.29, 0.717) is 62.4 Å². The van der Waals surface area contributed by atoms with E-state index in [9.17, 15) is 19.7 Å². The van der Waals surface area contributed by atoms with Gasteiger partial charge >= 0.3 is 5.97 Å². The van der Waals surface area contributed by atoms with Crippen molar-refractivity contribution < 1.29 is 33.4 Å². The molecule has 1 aliphatic rings. The van der Waals surface area contributed by atoms with Crippen LogP contribution < -0.4 is 33.8 Å². The van der Waals surface area contributed by atoms with Gasteiger partial charge in [-0.25, -0.2) is 9.79 Å². The summed E-state index contributed by atoms with van der Waals surface area (Å²) in [5.41, 5.74) is 2.46. The quantitative estimate of drug-likeness (QED) is 0.108. The molecule has 250 valence electrons. The van der Waals surface area contributed by atoms with Gasteiger partial charge in [-0.05, 0) is 86.9 Å². The molecule has 0 unspecified atom stereocenters. The minimum absolute atomic E-state index is 0.00115. The van der Waals surface area contributed by atoms with Gasteiger partial charge in [0.1, 0.15) is 6.61 Å². The molecule has 48 heavy (non-hydrogen) atoms. The molecule has 4 aromatic rings. The molecule has 1 atom stereocenters. The average molecular weight is 674 g/mol. The first-order chi connectivity index (χ1) is 23.2. The molecule has 2 heterocycles. The molecule has 1 aromatic heterocycles. The number of nitrogens with zero attached hydrogens (tertiary/aromatic N) is 3. The molecule has 0 aliphatic carbocycles. The third-order valence-electron chi connectivity index (χ3n) is 7.43. The number of nitro groups is 1. The number of non-ortho nitro benzene ring substituents is 1. The van der Waals surface area contributed by atoms with Gasteiger partial charge in [-0.1, -0.05) is 23.5 Å². The monoisotopic (exact) mass is 673 g/mol. The van der Waals surface area contributed by atoms with E-state index < -0.39 is 16.9 Å². The van der Waals surface area contributed by atoms with Crippen molar-refractivity contribution in [2.75, 3.05) is 26.9 Å². The number of hydrogen-bond acceptors (Lipinski definition) is 11. The Morgan fingerprint density at radius 3 is 2.27 bits per heavy atom. The summed E-state index contributed by atoms with van der Waals surface area (Å²) in [4.78, 5) is 43.0. The second-order valence-electron chi connectivity index (χ2n) is 10.5. The molecule has 0 saturated heterocycles. The lowest BCUT2D eigenvalue weighted by Crippen LogP contribution is -2.40. The van der Waals surface area contributed by atoms with Crippen LogP contribution in [-0.2, 0) is 16.1 Å². The lowest BCUT2D eigenvalue weighted by Gasteiger charge is -2.25. The number of allylic oxidation sites excluding steroid dienone is 1. The van der Waals surface area contributed by atoms with E-state index in [1.807, 2.05) is 13.8 Å². The number of carbonyl (C=O) groups excluding carboxylic acids is 1. The molecule has 13 heteroatoms. The minimum Gasteiger partial charge on any atom is -0.493 e. The van der Waals surface area contributed by atoms with Crippen molar-refractivity contribution in [3.05, 3.63) is 118 Å². The standard InChI is InChI=1S/C35H35N3O9S/c1-6-44-28-17-23(11-15-27(28)47-20-22-9-13-25(14-10-22)38(41)42)18-30-33(39)37-32(24-12-16-26(43-5)29(19-24)45-7-2)31(34(40)46-8-3)21(4)36-35(37)48-30/h9-19,32H,6-8,20H2,1-5H3/b30-18-/t32-/m0/s1. The maximum atomic E-state index is 14.1. The maximum absolute atomic E-state index is 14.1. The second-order valence-corrected chi connectivity index (χ2v) is 11.5. The van der Waals surface area contributed by atoms with Crippen molar-refractivity contribution in [3.8, 4) is 23.0 Å². The molecule has 0 bridgehead atoms. The first kappa shape index (κ1) is 33.9. The highest BCUT2D eigenvalue weighted by atomic mass is 32.1. The highest BCUT2D eigenvalue weighted by Gasteiger charge is 2.34. The van der Waals surface area contributed by atoms with Gasteiger partial charge in [-0.3, -0.25) is 19.5 Å². The van der Waals surface area contributed by atoms with Crippen LogP contribution in [0.2, 0.25) is 0 Å². The number of ether oxygens (including phenoxy) is 5. The summed E-state index contributed by atoms with van der Waals surface area (Å²) in [6, 6.07) is 15.9. The van der Waals surface area contributed by atoms with Gasteiger partial charge in [0.2, 0.25) is 0 Å². The smallest absolute Gasteiger partial charge is 0.338 e. The number of esters is 1. The predicted octanol–water partition coefficient (Wildman–Crippen LogP) is 5.09. The fourth-order valence-electron chi connectivity index (χ4n) is 5.27. The Kier molecular flexibility index (Phi) is 10.6. The Morgan fingerprint density at radius 1 is 0.938 bits per heavy atom.